The Kier molecular flexibility index (Phi) is 3.64. The highest BCUT2D eigenvalue weighted by Crippen LogP contribution is 2.27. The van der Waals surface area contributed by atoms with Crippen molar-refractivity contribution in [1.29, 1.82) is 0 Å². The predicted octanol–water partition coefficient (Wildman–Crippen LogP) is 0.560. The van der Waals surface area contributed by atoms with Gasteiger partial charge in [-0.1, -0.05) is 5.92 Å². The first-order valence-electron chi connectivity index (χ1n) is 4.21. The Balaban J connectivity index is 2.62. The summed E-state index contributed by atoms with van der Waals surface area (Å²) >= 11 is 1.79. The maximum absolute atomic E-state index is 11.0. The molecule has 13 heavy (non-hydrogen) atoms. The summed E-state index contributed by atoms with van der Waals surface area (Å²) in [6.07, 6.45) is 6.42. The maximum Gasteiger partial charge on any atom is 0.323 e. The molecule has 3 nitrogen and oxygen atoms in total. The van der Waals surface area contributed by atoms with Crippen molar-refractivity contribution in [3.8, 4) is 12.3 Å². The monoisotopic (exact) mass is 199 g/mol. The minimum Gasteiger partial charge on any atom is -0.480 e. The van der Waals surface area contributed by atoms with Gasteiger partial charge in [0.2, 0.25) is 0 Å². The lowest BCUT2D eigenvalue weighted by Gasteiger charge is -2.33. The average molecular weight is 199 g/mol. The van der Waals surface area contributed by atoms with Crippen molar-refractivity contribution in [3.63, 3.8) is 0 Å². The highest BCUT2D eigenvalue weighted by Gasteiger charge is 2.38. The van der Waals surface area contributed by atoms with Crippen LogP contribution in [-0.2, 0) is 4.79 Å². The van der Waals surface area contributed by atoms with Crippen molar-refractivity contribution in [1.82, 2.24) is 5.32 Å². The quantitative estimate of drug-likeness (QED) is 0.652. The third kappa shape index (κ3) is 2.39. The van der Waals surface area contributed by atoms with Crippen LogP contribution in [0.15, 0.2) is 0 Å². The molecule has 1 aliphatic rings. The zero-order valence-corrected chi connectivity index (χ0v) is 8.19. The Hall–Kier alpha value is -0.660. The molecule has 1 aliphatic heterocycles. The number of carboxylic acid groups (broad SMARTS) is 1. The van der Waals surface area contributed by atoms with Crippen molar-refractivity contribution in [3.05, 3.63) is 0 Å². The van der Waals surface area contributed by atoms with Gasteiger partial charge in [-0.05, 0) is 24.3 Å². The summed E-state index contributed by atoms with van der Waals surface area (Å²) in [6.45, 7) is 0.330. The maximum atomic E-state index is 11.0. The molecule has 1 heterocycles. The summed E-state index contributed by atoms with van der Waals surface area (Å²) in [5.74, 6) is 3.42. The van der Waals surface area contributed by atoms with E-state index in [4.69, 9.17) is 11.5 Å². The highest BCUT2D eigenvalue weighted by molar-refractivity contribution is 7.99. The van der Waals surface area contributed by atoms with E-state index in [9.17, 15) is 4.79 Å². The number of hydrogen-bond donors (Lipinski definition) is 2. The number of terminal acetylenes is 1. The lowest BCUT2D eigenvalue weighted by molar-refractivity contribution is -0.145. The second-order valence-corrected chi connectivity index (χ2v) is 4.28. The minimum absolute atomic E-state index is 0.330. The standard InChI is InChI=1S/C9H13NO2S/c1-2-5-10-9(8(11)12)3-6-13-7-4-9/h1,10H,3-7H2,(H,11,12). The Morgan fingerprint density at radius 1 is 1.62 bits per heavy atom. The number of carboxylic acids is 1. The van der Waals surface area contributed by atoms with Gasteiger partial charge in [0.25, 0.3) is 0 Å². The first-order chi connectivity index (χ1) is 6.21. The van der Waals surface area contributed by atoms with Crippen molar-refractivity contribution in [2.24, 2.45) is 0 Å². The Morgan fingerprint density at radius 3 is 2.69 bits per heavy atom. The minimum atomic E-state index is -0.775. The summed E-state index contributed by atoms with van der Waals surface area (Å²) in [4.78, 5) is 11.0. The molecular formula is C9H13NO2S. The number of rotatable bonds is 3. The van der Waals surface area contributed by atoms with E-state index in [1.165, 1.54) is 0 Å². The number of hydrogen-bond acceptors (Lipinski definition) is 3. The highest BCUT2D eigenvalue weighted by atomic mass is 32.2. The fourth-order valence-electron chi connectivity index (χ4n) is 1.41. The van der Waals surface area contributed by atoms with E-state index >= 15 is 0 Å². The number of thioether (sulfide) groups is 1. The van der Waals surface area contributed by atoms with Gasteiger partial charge in [-0.2, -0.15) is 11.8 Å². The second-order valence-electron chi connectivity index (χ2n) is 3.06. The van der Waals surface area contributed by atoms with Crippen LogP contribution in [0.1, 0.15) is 12.8 Å². The molecule has 72 valence electrons. The summed E-state index contributed by atoms with van der Waals surface area (Å²) in [7, 11) is 0. The second kappa shape index (κ2) is 4.54. The van der Waals surface area contributed by atoms with E-state index in [0.717, 1.165) is 11.5 Å². The van der Waals surface area contributed by atoms with Crippen molar-refractivity contribution < 1.29 is 9.90 Å². The number of nitrogens with one attached hydrogen (secondary N) is 1. The zero-order chi connectivity index (χ0) is 9.73. The summed E-state index contributed by atoms with van der Waals surface area (Å²) < 4.78 is 0. The largest absolute Gasteiger partial charge is 0.480 e. The third-order valence-electron chi connectivity index (χ3n) is 2.28. The first kappa shape index (κ1) is 10.4. The molecule has 1 fully saturated rings. The van der Waals surface area contributed by atoms with Gasteiger partial charge in [-0.25, -0.2) is 0 Å². The fourth-order valence-corrected chi connectivity index (χ4v) is 2.60. The van der Waals surface area contributed by atoms with Crippen LogP contribution in [0.2, 0.25) is 0 Å². The van der Waals surface area contributed by atoms with Gasteiger partial charge in [0.1, 0.15) is 5.54 Å². The summed E-state index contributed by atoms with van der Waals surface area (Å²) in [5.41, 5.74) is -0.766. The normalized spacial score (nSPS) is 20.5. The van der Waals surface area contributed by atoms with Gasteiger partial charge in [0.15, 0.2) is 0 Å². The molecule has 0 aliphatic carbocycles. The van der Waals surface area contributed by atoms with E-state index in [1.54, 1.807) is 11.8 Å². The first-order valence-corrected chi connectivity index (χ1v) is 5.36. The molecule has 0 aromatic carbocycles. The molecular weight excluding hydrogens is 186 g/mol. The molecule has 0 bridgehead atoms. The van der Waals surface area contributed by atoms with Crippen LogP contribution in [0.3, 0.4) is 0 Å². The van der Waals surface area contributed by atoms with Crippen molar-refractivity contribution in [2.75, 3.05) is 18.1 Å². The molecule has 0 radical (unpaired) electrons. The van der Waals surface area contributed by atoms with Crippen LogP contribution in [0.4, 0.5) is 0 Å². The lowest BCUT2D eigenvalue weighted by Crippen LogP contribution is -2.54. The molecule has 0 aromatic rings. The number of aliphatic carboxylic acids is 1. The van der Waals surface area contributed by atoms with Gasteiger partial charge in [0.05, 0.1) is 6.54 Å². The molecule has 0 aromatic heterocycles. The van der Waals surface area contributed by atoms with Crippen LogP contribution in [-0.4, -0.2) is 34.7 Å². The fraction of sp³-hybridized carbons (Fsp3) is 0.667. The van der Waals surface area contributed by atoms with Gasteiger partial charge in [-0.15, -0.1) is 6.42 Å². The molecule has 0 spiro atoms. The molecule has 0 atom stereocenters. The molecule has 0 saturated carbocycles. The predicted molar refractivity (Wildman–Crippen MR) is 53.8 cm³/mol. The lowest BCUT2D eigenvalue weighted by atomic mass is 9.92. The molecule has 1 saturated heterocycles. The summed E-state index contributed by atoms with van der Waals surface area (Å²) in [5, 5.41) is 12.0. The topological polar surface area (TPSA) is 49.3 Å². The average Bonchev–Trinajstić information content (AvgIpc) is 2.16. The molecule has 1 rings (SSSR count). The SMILES string of the molecule is C#CCNC1(C(=O)O)CCSCC1. The Labute approximate surface area is 82.3 Å². The van der Waals surface area contributed by atoms with Gasteiger partial charge >= 0.3 is 5.97 Å². The van der Waals surface area contributed by atoms with Crippen LogP contribution in [0.25, 0.3) is 0 Å². The van der Waals surface area contributed by atoms with Crippen molar-refractivity contribution in [2.45, 2.75) is 18.4 Å². The van der Waals surface area contributed by atoms with E-state index in [1.807, 2.05) is 0 Å². The van der Waals surface area contributed by atoms with Gasteiger partial charge < -0.3 is 5.11 Å². The van der Waals surface area contributed by atoms with Crippen molar-refractivity contribution >= 4 is 17.7 Å². The van der Waals surface area contributed by atoms with Crippen LogP contribution < -0.4 is 5.32 Å². The third-order valence-corrected chi connectivity index (χ3v) is 3.27. The van der Waals surface area contributed by atoms with Crippen LogP contribution in [0, 0.1) is 12.3 Å². The molecule has 0 amide bonds. The van der Waals surface area contributed by atoms with Gasteiger partial charge in [-0.3, -0.25) is 10.1 Å². The van der Waals surface area contributed by atoms with E-state index < -0.39 is 11.5 Å². The van der Waals surface area contributed by atoms with Gasteiger partial charge in [0, 0.05) is 0 Å². The molecule has 0 unspecified atom stereocenters. The van der Waals surface area contributed by atoms with Crippen LogP contribution in [0.5, 0.6) is 0 Å². The molecule has 2 N–H and O–H groups in total. The smallest absolute Gasteiger partial charge is 0.323 e. The van der Waals surface area contributed by atoms with Crippen LogP contribution >= 0.6 is 11.8 Å². The Bertz CT molecular complexity index is 228. The van der Waals surface area contributed by atoms with E-state index in [-0.39, 0.29) is 0 Å². The van der Waals surface area contributed by atoms with E-state index in [2.05, 4.69) is 11.2 Å². The van der Waals surface area contributed by atoms with E-state index in [0.29, 0.717) is 19.4 Å². The zero-order valence-electron chi connectivity index (χ0n) is 7.38. The summed E-state index contributed by atoms with van der Waals surface area (Å²) in [6, 6.07) is 0. The Morgan fingerprint density at radius 2 is 2.23 bits per heavy atom. The molecule has 4 heteroatoms. The number of carbonyl (C=O) groups is 1.